The molecule has 0 atom stereocenters. The Hall–Kier alpha value is 0.426. The molecule has 0 aromatic heterocycles. The first-order valence-corrected chi connectivity index (χ1v) is 3.32. The van der Waals surface area contributed by atoms with E-state index in [4.69, 9.17) is 11.5 Å². The molecule has 0 aliphatic carbocycles. The third kappa shape index (κ3) is 11.8. The Balaban J connectivity index is 0. The van der Waals surface area contributed by atoms with Gasteiger partial charge in [0.25, 0.3) is 0 Å². The van der Waals surface area contributed by atoms with Crippen molar-refractivity contribution >= 4 is 0 Å². The van der Waals surface area contributed by atoms with Crippen LogP contribution in [-0.4, -0.2) is 13.1 Å². The number of hydrogen-bond donors (Lipinski definition) is 2. The zero-order valence-corrected chi connectivity index (χ0v) is 6.77. The van der Waals surface area contributed by atoms with Gasteiger partial charge in [-0.05, 0) is 25.9 Å². The molecule has 56 valence electrons. The summed E-state index contributed by atoms with van der Waals surface area (Å²) in [6.45, 7) is 1.65. The number of nitrogens with two attached hydrogens (primary N) is 2. The first-order valence-electron chi connectivity index (χ1n) is 3.32. The van der Waals surface area contributed by atoms with Gasteiger partial charge in [-0.1, -0.05) is 12.8 Å². The number of rotatable bonds is 5. The summed E-state index contributed by atoms with van der Waals surface area (Å²) in [4.78, 5) is 0. The fourth-order valence-corrected chi connectivity index (χ4v) is 0.642. The van der Waals surface area contributed by atoms with Crippen molar-refractivity contribution in [3.63, 3.8) is 0 Å². The van der Waals surface area contributed by atoms with Crippen molar-refractivity contribution in [3.8, 4) is 0 Å². The van der Waals surface area contributed by atoms with E-state index in [0.717, 1.165) is 25.9 Å². The summed E-state index contributed by atoms with van der Waals surface area (Å²) in [6, 6.07) is 0. The third-order valence-corrected chi connectivity index (χ3v) is 1.16. The Bertz CT molecular complexity index is 36.0. The molecule has 0 aliphatic rings. The van der Waals surface area contributed by atoms with Crippen molar-refractivity contribution in [2.45, 2.75) is 25.7 Å². The van der Waals surface area contributed by atoms with E-state index in [1.54, 1.807) is 0 Å². The van der Waals surface area contributed by atoms with Crippen molar-refractivity contribution in [3.05, 3.63) is 0 Å². The molecule has 0 aromatic rings. The molecule has 0 bridgehead atoms. The van der Waals surface area contributed by atoms with E-state index in [1.165, 1.54) is 12.8 Å². The van der Waals surface area contributed by atoms with Crippen LogP contribution in [-0.2, 0) is 16.8 Å². The molecule has 0 unspecified atom stereocenters. The zero-order valence-electron chi connectivity index (χ0n) is 5.73. The topological polar surface area (TPSA) is 52.0 Å². The van der Waals surface area contributed by atoms with Gasteiger partial charge in [-0.15, -0.1) is 0 Å². The second-order valence-electron chi connectivity index (χ2n) is 1.99. The Labute approximate surface area is 67.6 Å². The Morgan fingerprint density at radius 2 is 1.00 bits per heavy atom. The summed E-state index contributed by atoms with van der Waals surface area (Å²) in [5.74, 6) is 0. The van der Waals surface area contributed by atoms with E-state index in [0.29, 0.717) is 0 Å². The van der Waals surface area contributed by atoms with E-state index in [-0.39, 0.29) is 16.8 Å². The van der Waals surface area contributed by atoms with Gasteiger partial charge in [-0.2, -0.15) is 0 Å². The normalized spacial score (nSPS) is 8.67. The molecular weight excluding hydrogens is 159 g/mol. The van der Waals surface area contributed by atoms with Crippen molar-refractivity contribution in [2.75, 3.05) is 13.1 Å². The summed E-state index contributed by atoms with van der Waals surface area (Å²) in [5.41, 5.74) is 10.6. The van der Waals surface area contributed by atoms with E-state index < -0.39 is 0 Å². The summed E-state index contributed by atoms with van der Waals surface area (Å²) >= 11 is 0. The van der Waals surface area contributed by atoms with Gasteiger partial charge in [0.15, 0.2) is 0 Å². The minimum atomic E-state index is 0. The van der Waals surface area contributed by atoms with Crippen molar-refractivity contribution in [1.82, 2.24) is 0 Å². The third-order valence-electron chi connectivity index (χ3n) is 1.16. The molecule has 0 spiro atoms. The molecule has 0 saturated heterocycles. The van der Waals surface area contributed by atoms with Crippen LogP contribution in [0.4, 0.5) is 0 Å². The van der Waals surface area contributed by atoms with Crippen LogP contribution in [0.25, 0.3) is 0 Å². The molecule has 0 rings (SSSR count). The first-order chi connectivity index (χ1) is 3.91. The predicted octanol–water partition coefficient (Wildman–Crippen LogP) is 0.462. The van der Waals surface area contributed by atoms with Gasteiger partial charge >= 0.3 is 16.8 Å². The molecule has 2 nitrogen and oxygen atoms in total. The maximum absolute atomic E-state index is 5.28. The molecule has 0 fully saturated rings. The molecule has 4 N–H and O–H groups in total. The minimum Gasteiger partial charge on any atom is -0.330 e. The molecule has 0 radical (unpaired) electrons. The van der Waals surface area contributed by atoms with Crippen LogP contribution in [0, 0.1) is 0 Å². The number of hydrogen-bond acceptors (Lipinski definition) is 2. The van der Waals surface area contributed by atoms with Crippen molar-refractivity contribution in [1.29, 1.82) is 0 Å². The van der Waals surface area contributed by atoms with Gasteiger partial charge in [0, 0.05) is 0 Å². The quantitative estimate of drug-likeness (QED) is 0.596. The van der Waals surface area contributed by atoms with Crippen LogP contribution < -0.4 is 11.5 Å². The van der Waals surface area contributed by atoms with Crippen LogP contribution in [0.15, 0.2) is 0 Å². The smallest absolute Gasteiger partial charge is 0.330 e. The van der Waals surface area contributed by atoms with Crippen LogP contribution in [0.5, 0.6) is 0 Å². The Morgan fingerprint density at radius 3 is 1.22 bits per heavy atom. The van der Waals surface area contributed by atoms with Gasteiger partial charge in [0.2, 0.25) is 0 Å². The van der Waals surface area contributed by atoms with Crippen LogP contribution in [0.3, 0.4) is 0 Å². The minimum absolute atomic E-state index is 0. The van der Waals surface area contributed by atoms with Gasteiger partial charge in [0.05, 0.1) is 0 Å². The molecule has 9 heavy (non-hydrogen) atoms. The summed E-state index contributed by atoms with van der Waals surface area (Å²) < 4.78 is 0. The standard InChI is InChI=1S/C6H16N2.Co/c7-5-3-1-2-4-6-8;/h1-8H2;/q;+3. The van der Waals surface area contributed by atoms with E-state index >= 15 is 0 Å². The maximum atomic E-state index is 5.28. The first kappa shape index (κ1) is 12.1. The largest absolute Gasteiger partial charge is 3.00 e. The second-order valence-corrected chi connectivity index (χ2v) is 1.99. The molecular formula is C6H16CoN2+3. The molecule has 0 aromatic carbocycles. The molecule has 0 aliphatic heterocycles. The SMILES string of the molecule is NCCCCCCN.[Co+3]. The van der Waals surface area contributed by atoms with E-state index in [2.05, 4.69) is 0 Å². The molecule has 0 amide bonds. The van der Waals surface area contributed by atoms with Gasteiger partial charge in [-0.25, -0.2) is 0 Å². The van der Waals surface area contributed by atoms with Crippen LogP contribution in [0.1, 0.15) is 25.7 Å². The van der Waals surface area contributed by atoms with Crippen molar-refractivity contribution < 1.29 is 16.8 Å². The number of unbranched alkanes of at least 4 members (excludes halogenated alkanes) is 3. The summed E-state index contributed by atoms with van der Waals surface area (Å²) in [5, 5.41) is 0. The molecule has 3 heteroatoms. The zero-order chi connectivity index (χ0) is 6.24. The predicted molar refractivity (Wildman–Crippen MR) is 36.6 cm³/mol. The van der Waals surface area contributed by atoms with E-state index in [9.17, 15) is 0 Å². The fraction of sp³-hybridized carbons (Fsp3) is 1.00. The van der Waals surface area contributed by atoms with E-state index in [1.807, 2.05) is 0 Å². The second kappa shape index (κ2) is 11.3. The van der Waals surface area contributed by atoms with Crippen molar-refractivity contribution in [2.24, 2.45) is 11.5 Å². The average molecular weight is 175 g/mol. The van der Waals surface area contributed by atoms with Gasteiger partial charge < -0.3 is 11.5 Å². The van der Waals surface area contributed by atoms with Gasteiger partial charge in [-0.3, -0.25) is 0 Å². The fourth-order valence-electron chi connectivity index (χ4n) is 0.642. The Kier molecular flexibility index (Phi) is 15.2. The molecule has 0 saturated carbocycles. The summed E-state index contributed by atoms with van der Waals surface area (Å²) in [6.07, 6.45) is 4.79. The van der Waals surface area contributed by atoms with Crippen LogP contribution >= 0.6 is 0 Å². The molecule has 0 heterocycles. The maximum Gasteiger partial charge on any atom is 3.00 e. The summed E-state index contributed by atoms with van der Waals surface area (Å²) in [7, 11) is 0. The monoisotopic (exact) mass is 175 g/mol. The van der Waals surface area contributed by atoms with Crippen LogP contribution in [0.2, 0.25) is 0 Å². The average Bonchev–Trinajstić information content (AvgIpc) is 1.81. The van der Waals surface area contributed by atoms with Gasteiger partial charge in [0.1, 0.15) is 0 Å². The Morgan fingerprint density at radius 1 is 0.667 bits per heavy atom.